The minimum Gasteiger partial charge on any atom is -0.394 e. The number of ether oxygens (including phenoxy) is 1. The third kappa shape index (κ3) is 1.80. The molecule has 0 bridgehead atoms. The topological polar surface area (TPSA) is 55.5 Å². The molecule has 2 rings (SSSR count). The molecule has 0 spiro atoms. The number of aliphatic hydroxyl groups is 1. The first-order valence-electron chi connectivity index (χ1n) is 4.87. The van der Waals surface area contributed by atoms with E-state index in [1.54, 1.807) is 0 Å². The second kappa shape index (κ2) is 4.09. The van der Waals surface area contributed by atoms with Crippen LogP contribution in [0.3, 0.4) is 0 Å². The summed E-state index contributed by atoms with van der Waals surface area (Å²) in [6.45, 7) is 1.48. The van der Waals surface area contributed by atoms with Crippen LogP contribution < -0.4 is 5.73 Å². The molecule has 0 aliphatic carbocycles. The standard InChI is InChI=1S/C11H15NO2/c12-11(6-13)9-1-2-10-7-14-4-3-8(10)5-9/h1-2,5,11,13H,3-4,6-7,12H2. The highest BCUT2D eigenvalue weighted by molar-refractivity contribution is 5.34. The minimum absolute atomic E-state index is 0.00468. The van der Waals surface area contributed by atoms with Crippen LogP contribution in [0.15, 0.2) is 18.2 Å². The number of benzene rings is 1. The number of hydrogen-bond acceptors (Lipinski definition) is 3. The van der Waals surface area contributed by atoms with Gasteiger partial charge in [0, 0.05) is 0 Å². The maximum Gasteiger partial charge on any atom is 0.0719 e. The van der Waals surface area contributed by atoms with Crippen LogP contribution in [0.5, 0.6) is 0 Å². The van der Waals surface area contributed by atoms with E-state index in [0.717, 1.165) is 18.6 Å². The van der Waals surface area contributed by atoms with E-state index in [-0.39, 0.29) is 12.6 Å². The van der Waals surface area contributed by atoms with Crippen LogP contribution in [0, 0.1) is 0 Å². The quantitative estimate of drug-likeness (QED) is 0.728. The predicted molar refractivity (Wildman–Crippen MR) is 53.8 cm³/mol. The van der Waals surface area contributed by atoms with Gasteiger partial charge in [0.1, 0.15) is 0 Å². The van der Waals surface area contributed by atoms with Gasteiger partial charge in [0.2, 0.25) is 0 Å². The molecule has 3 heteroatoms. The Morgan fingerprint density at radius 2 is 2.29 bits per heavy atom. The first-order chi connectivity index (χ1) is 6.81. The second-order valence-corrected chi connectivity index (χ2v) is 3.62. The Balaban J connectivity index is 2.29. The van der Waals surface area contributed by atoms with Crippen molar-refractivity contribution in [3.63, 3.8) is 0 Å². The van der Waals surface area contributed by atoms with E-state index in [0.29, 0.717) is 6.61 Å². The first kappa shape index (κ1) is 9.65. The zero-order valence-electron chi connectivity index (χ0n) is 8.07. The third-order valence-corrected chi connectivity index (χ3v) is 2.63. The van der Waals surface area contributed by atoms with Crippen molar-refractivity contribution >= 4 is 0 Å². The van der Waals surface area contributed by atoms with Crippen LogP contribution in [-0.4, -0.2) is 18.3 Å². The molecule has 0 saturated heterocycles. The summed E-state index contributed by atoms with van der Waals surface area (Å²) in [5.41, 5.74) is 9.30. The minimum atomic E-state index is -0.261. The first-order valence-corrected chi connectivity index (χ1v) is 4.87. The monoisotopic (exact) mass is 193 g/mol. The Morgan fingerprint density at radius 1 is 1.43 bits per heavy atom. The summed E-state index contributed by atoms with van der Waals surface area (Å²) >= 11 is 0. The van der Waals surface area contributed by atoms with Crippen molar-refractivity contribution in [3.8, 4) is 0 Å². The van der Waals surface area contributed by atoms with E-state index in [2.05, 4.69) is 6.07 Å². The molecule has 3 nitrogen and oxygen atoms in total. The van der Waals surface area contributed by atoms with E-state index in [4.69, 9.17) is 15.6 Å². The van der Waals surface area contributed by atoms with Gasteiger partial charge in [-0.05, 0) is 23.1 Å². The zero-order valence-corrected chi connectivity index (χ0v) is 8.07. The molecule has 1 aliphatic rings. The lowest BCUT2D eigenvalue weighted by Crippen LogP contribution is -2.16. The third-order valence-electron chi connectivity index (χ3n) is 2.63. The normalized spacial score (nSPS) is 17.6. The highest BCUT2D eigenvalue weighted by atomic mass is 16.5. The summed E-state index contributed by atoms with van der Waals surface area (Å²) in [5, 5.41) is 8.94. The Kier molecular flexibility index (Phi) is 2.82. The number of aliphatic hydroxyl groups excluding tert-OH is 1. The average Bonchev–Trinajstić information content (AvgIpc) is 2.27. The summed E-state index contributed by atoms with van der Waals surface area (Å²) in [6.07, 6.45) is 0.946. The molecular weight excluding hydrogens is 178 g/mol. The van der Waals surface area contributed by atoms with Crippen molar-refractivity contribution in [2.75, 3.05) is 13.2 Å². The maximum atomic E-state index is 8.94. The molecule has 1 aromatic carbocycles. The van der Waals surface area contributed by atoms with E-state index >= 15 is 0 Å². The van der Waals surface area contributed by atoms with Gasteiger partial charge in [0.25, 0.3) is 0 Å². The summed E-state index contributed by atoms with van der Waals surface area (Å²) in [5.74, 6) is 0. The van der Waals surface area contributed by atoms with Crippen molar-refractivity contribution < 1.29 is 9.84 Å². The van der Waals surface area contributed by atoms with Crippen LogP contribution in [0.1, 0.15) is 22.7 Å². The molecule has 0 fully saturated rings. The molecule has 76 valence electrons. The molecular formula is C11H15NO2. The largest absolute Gasteiger partial charge is 0.394 e. The smallest absolute Gasteiger partial charge is 0.0719 e. The van der Waals surface area contributed by atoms with Crippen molar-refractivity contribution in [2.24, 2.45) is 5.73 Å². The molecule has 14 heavy (non-hydrogen) atoms. The molecule has 0 aromatic heterocycles. The molecule has 1 aliphatic heterocycles. The van der Waals surface area contributed by atoms with Gasteiger partial charge in [-0.3, -0.25) is 0 Å². The van der Waals surface area contributed by atoms with E-state index in [9.17, 15) is 0 Å². The Bertz CT molecular complexity index is 325. The second-order valence-electron chi connectivity index (χ2n) is 3.62. The van der Waals surface area contributed by atoms with Crippen LogP contribution >= 0.6 is 0 Å². The average molecular weight is 193 g/mol. The maximum absolute atomic E-state index is 8.94. The lowest BCUT2D eigenvalue weighted by atomic mass is 9.97. The molecule has 3 N–H and O–H groups in total. The fraction of sp³-hybridized carbons (Fsp3) is 0.455. The van der Waals surface area contributed by atoms with Gasteiger partial charge in [-0.15, -0.1) is 0 Å². The van der Waals surface area contributed by atoms with Crippen molar-refractivity contribution in [1.29, 1.82) is 0 Å². The predicted octanol–water partition coefficient (Wildman–Crippen LogP) is 0.751. The lowest BCUT2D eigenvalue weighted by molar-refractivity contribution is 0.110. The van der Waals surface area contributed by atoms with Gasteiger partial charge in [0.15, 0.2) is 0 Å². The Labute approximate surface area is 83.5 Å². The summed E-state index contributed by atoms with van der Waals surface area (Å²) in [6, 6.07) is 5.83. The molecule has 0 amide bonds. The van der Waals surface area contributed by atoms with Crippen LogP contribution in [0.25, 0.3) is 0 Å². The van der Waals surface area contributed by atoms with Crippen LogP contribution in [-0.2, 0) is 17.8 Å². The van der Waals surface area contributed by atoms with Crippen molar-refractivity contribution in [3.05, 3.63) is 34.9 Å². The highest BCUT2D eigenvalue weighted by Crippen LogP contribution is 2.20. The number of nitrogens with two attached hydrogens (primary N) is 1. The van der Waals surface area contributed by atoms with E-state index in [1.807, 2.05) is 12.1 Å². The summed E-state index contributed by atoms with van der Waals surface area (Å²) < 4.78 is 5.34. The van der Waals surface area contributed by atoms with Gasteiger partial charge in [-0.25, -0.2) is 0 Å². The van der Waals surface area contributed by atoms with Gasteiger partial charge in [-0.2, -0.15) is 0 Å². The number of hydrogen-bond donors (Lipinski definition) is 2. The van der Waals surface area contributed by atoms with E-state index < -0.39 is 0 Å². The summed E-state index contributed by atoms with van der Waals surface area (Å²) in [4.78, 5) is 0. The molecule has 0 radical (unpaired) electrons. The van der Waals surface area contributed by atoms with Gasteiger partial charge in [0.05, 0.1) is 25.9 Å². The molecule has 1 heterocycles. The Morgan fingerprint density at radius 3 is 3.07 bits per heavy atom. The number of rotatable bonds is 2. The fourth-order valence-corrected chi connectivity index (χ4v) is 1.72. The van der Waals surface area contributed by atoms with Crippen molar-refractivity contribution in [2.45, 2.75) is 19.1 Å². The highest BCUT2D eigenvalue weighted by Gasteiger charge is 2.12. The number of fused-ring (bicyclic) bond motifs is 1. The SMILES string of the molecule is NC(CO)c1ccc2c(c1)CCOC2. The van der Waals surface area contributed by atoms with Crippen LogP contribution in [0.2, 0.25) is 0 Å². The fourth-order valence-electron chi connectivity index (χ4n) is 1.72. The van der Waals surface area contributed by atoms with Crippen molar-refractivity contribution in [1.82, 2.24) is 0 Å². The summed E-state index contributed by atoms with van der Waals surface area (Å²) in [7, 11) is 0. The molecule has 1 atom stereocenters. The molecule has 0 saturated carbocycles. The molecule has 1 unspecified atom stereocenters. The Hall–Kier alpha value is -0.900. The van der Waals surface area contributed by atoms with Crippen LogP contribution in [0.4, 0.5) is 0 Å². The van der Waals surface area contributed by atoms with Gasteiger partial charge in [-0.1, -0.05) is 18.2 Å². The molecule has 1 aromatic rings. The van der Waals surface area contributed by atoms with Gasteiger partial charge >= 0.3 is 0 Å². The lowest BCUT2D eigenvalue weighted by Gasteiger charge is -2.18. The van der Waals surface area contributed by atoms with Gasteiger partial charge < -0.3 is 15.6 Å². The zero-order chi connectivity index (χ0) is 9.97. The van der Waals surface area contributed by atoms with E-state index in [1.165, 1.54) is 11.1 Å².